The number of rotatable bonds is 3. The number of ether oxygens (including phenoxy) is 1. The fraction of sp³-hybridized carbons (Fsp3) is 0.238. The summed E-state index contributed by atoms with van der Waals surface area (Å²) in [5, 5.41) is 3.94. The third-order valence-electron chi connectivity index (χ3n) is 5.01. The van der Waals surface area contributed by atoms with Crippen LogP contribution in [-0.4, -0.2) is 24.1 Å². The first-order valence-electron chi connectivity index (χ1n) is 8.67. The zero-order valence-electron chi connectivity index (χ0n) is 14.2. The first kappa shape index (κ1) is 16.7. The Labute approximate surface area is 151 Å². The van der Waals surface area contributed by atoms with Crippen LogP contribution >= 0.6 is 0 Å². The molecule has 0 atom stereocenters. The highest BCUT2D eigenvalue weighted by atomic mass is 19.1. The van der Waals surface area contributed by atoms with Crippen molar-refractivity contribution in [2.24, 2.45) is 0 Å². The second kappa shape index (κ2) is 6.84. The molecule has 1 aromatic heterocycles. The van der Waals surface area contributed by atoms with Crippen molar-refractivity contribution in [3.63, 3.8) is 0 Å². The number of carbonyl (C=O) groups excluding carboxylic acids is 1. The van der Waals surface area contributed by atoms with E-state index in [1.165, 1.54) is 12.1 Å². The highest BCUT2D eigenvalue weighted by Crippen LogP contribution is 2.36. The van der Waals surface area contributed by atoms with Crippen molar-refractivity contribution in [1.82, 2.24) is 4.98 Å². The SMILES string of the molecule is O=C(Nc1cnc2ccccc2c1)C1(c2cccc(F)c2)CCOCC1. The summed E-state index contributed by atoms with van der Waals surface area (Å²) in [7, 11) is 0. The van der Waals surface area contributed by atoms with Gasteiger partial charge in [-0.3, -0.25) is 9.78 Å². The van der Waals surface area contributed by atoms with E-state index in [4.69, 9.17) is 4.74 Å². The van der Waals surface area contributed by atoms with Gasteiger partial charge in [0.2, 0.25) is 5.91 Å². The molecule has 0 saturated carbocycles. The van der Waals surface area contributed by atoms with Crippen LogP contribution in [0.2, 0.25) is 0 Å². The Bertz CT molecular complexity index is 951. The third-order valence-corrected chi connectivity index (χ3v) is 5.01. The standard InChI is InChI=1S/C21H19FN2O2/c22-17-6-3-5-16(13-17)21(8-10-26-11-9-21)20(25)24-18-12-15-4-1-2-7-19(15)23-14-18/h1-7,12-14H,8-11H2,(H,24,25). The monoisotopic (exact) mass is 350 g/mol. The summed E-state index contributed by atoms with van der Waals surface area (Å²) >= 11 is 0. The van der Waals surface area contributed by atoms with E-state index in [1.54, 1.807) is 12.3 Å². The molecule has 1 aliphatic rings. The number of para-hydroxylation sites is 1. The van der Waals surface area contributed by atoms with Gasteiger partial charge in [-0.05, 0) is 42.7 Å². The second-order valence-electron chi connectivity index (χ2n) is 6.58. The summed E-state index contributed by atoms with van der Waals surface area (Å²) < 4.78 is 19.2. The summed E-state index contributed by atoms with van der Waals surface area (Å²) in [6.45, 7) is 0.944. The smallest absolute Gasteiger partial charge is 0.235 e. The average Bonchev–Trinajstić information content (AvgIpc) is 2.68. The van der Waals surface area contributed by atoms with Crippen LogP contribution in [0.5, 0.6) is 0 Å². The topological polar surface area (TPSA) is 51.2 Å². The van der Waals surface area contributed by atoms with Crippen molar-refractivity contribution >= 4 is 22.5 Å². The van der Waals surface area contributed by atoms with E-state index in [0.717, 1.165) is 10.9 Å². The molecule has 0 spiro atoms. The molecule has 1 amide bonds. The maximum atomic E-state index is 13.8. The Morgan fingerprint density at radius 3 is 2.69 bits per heavy atom. The number of amides is 1. The maximum Gasteiger partial charge on any atom is 0.235 e. The van der Waals surface area contributed by atoms with Gasteiger partial charge in [-0.25, -0.2) is 4.39 Å². The van der Waals surface area contributed by atoms with Gasteiger partial charge in [0, 0.05) is 18.6 Å². The average molecular weight is 350 g/mol. The molecule has 132 valence electrons. The summed E-state index contributed by atoms with van der Waals surface area (Å²) in [4.78, 5) is 17.6. The minimum atomic E-state index is -0.800. The molecular weight excluding hydrogens is 331 g/mol. The van der Waals surface area contributed by atoms with Crippen molar-refractivity contribution in [2.75, 3.05) is 18.5 Å². The molecule has 0 bridgehead atoms. The van der Waals surface area contributed by atoms with E-state index in [9.17, 15) is 9.18 Å². The van der Waals surface area contributed by atoms with Crippen LogP contribution in [0.3, 0.4) is 0 Å². The number of pyridine rings is 1. The number of carbonyl (C=O) groups is 1. The molecular formula is C21H19FN2O2. The zero-order valence-corrected chi connectivity index (χ0v) is 14.2. The van der Waals surface area contributed by atoms with Crippen molar-refractivity contribution in [1.29, 1.82) is 0 Å². The lowest BCUT2D eigenvalue weighted by Crippen LogP contribution is -2.44. The van der Waals surface area contributed by atoms with E-state index < -0.39 is 5.41 Å². The maximum absolute atomic E-state index is 13.8. The molecule has 1 N–H and O–H groups in total. The van der Waals surface area contributed by atoms with Crippen LogP contribution in [0.15, 0.2) is 60.8 Å². The molecule has 0 aliphatic carbocycles. The summed E-state index contributed by atoms with van der Waals surface area (Å²) in [5.41, 5.74) is 1.39. The number of nitrogens with one attached hydrogen (secondary N) is 1. The lowest BCUT2D eigenvalue weighted by Gasteiger charge is -2.36. The Balaban J connectivity index is 1.68. The predicted molar refractivity (Wildman–Crippen MR) is 98.5 cm³/mol. The molecule has 2 heterocycles. The number of anilines is 1. The zero-order chi connectivity index (χ0) is 18.0. The lowest BCUT2D eigenvalue weighted by molar-refractivity contribution is -0.125. The molecule has 1 aliphatic heterocycles. The number of hydrogen-bond donors (Lipinski definition) is 1. The lowest BCUT2D eigenvalue weighted by atomic mass is 9.73. The number of nitrogens with zero attached hydrogens (tertiary/aromatic N) is 1. The van der Waals surface area contributed by atoms with E-state index in [2.05, 4.69) is 10.3 Å². The molecule has 1 saturated heterocycles. The number of fused-ring (bicyclic) bond motifs is 1. The van der Waals surface area contributed by atoms with Gasteiger partial charge in [-0.2, -0.15) is 0 Å². The van der Waals surface area contributed by atoms with Crippen molar-refractivity contribution in [2.45, 2.75) is 18.3 Å². The van der Waals surface area contributed by atoms with Crippen LogP contribution < -0.4 is 5.32 Å². The minimum Gasteiger partial charge on any atom is -0.381 e. The van der Waals surface area contributed by atoms with Crippen molar-refractivity contribution in [3.8, 4) is 0 Å². The first-order chi connectivity index (χ1) is 12.7. The van der Waals surface area contributed by atoms with Crippen LogP contribution in [0.1, 0.15) is 18.4 Å². The molecule has 1 fully saturated rings. The van der Waals surface area contributed by atoms with Crippen LogP contribution in [0.4, 0.5) is 10.1 Å². The highest BCUT2D eigenvalue weighted by molar-refractivity contribution is 6.00. The minimum absolute atomic E-state index is 0.150. The molecule has 5 heteroatoms. The van der Waals surface area contributed by atoms with Gasteiger partial charge in [-0.1, -0.05) is 30.3 Å². The Kier molecular flexibility index (Phi) is 4.39. The molecule has 4 nitrogen and oxygen atoms in total. The highest BCUT2D eigenvalue weighted by Gasteiger charge is 2.42. The number of halogens is 1. The Morgan fingerprint density at radius 2 is 1.88 bits per heavy atom. The molecule has 0 unspecified atom stereocenters. The van der Waals surface area contributed by atoms with Gasteiger partial charge < -0.3 is 10.1 Å². The molecule has 0 radical (unpaired) electrons. The predicted octanol–water partition coefficient (Wildman–Crippen LogP) is 4.06. The van der Waals surface area contributed by atoms with Crippen LogP contribution in [-0.2, 0) is 14.9 Å². The Morgan fingerprint density at radius 1 is 1.08 bits per heavy atom. The number of aromatic nitrogens is 1. The van der Waals surface area contributed by atoms with Crippen molar-refractivity contribution < 1.29 is 13.9 Å². The van der Waals surface area contributed by atoms with E-state index >= 15 is 0 Å². The molecule has 2 aromatic carbocycles. The van der Waals surface area contributed by atoms with E-state index in [0.29, 0.717) is 37.3 Å². The third kappa shape index (κ3) is 3.06. The van der Waals surface area contributed by atoms with Crippen LogP contribution in [0.25, 0.3) is 10.9 Å². The summed E-state index contributed by atoms with van der Waals surface area (Å²) in [6.07, 6.45) is 2.69. The largest absolute Gasteiger partial charge is 0.381 e. The fourth-order valence-corrected chi connectivity index (χ4v) is 3.54. The molecule has 3 aromatic rings. The van der Waals surface area contributed by atoms with Gasteiger partial charge in [0.1, 0.15) is 5.82 Å². The second-order valence-corrected chi connectivity index (χ2v) is 6.58. The van der Waals surface area contributed by atoms with Gasteiger partial charge in [0.25, 0.3) is 0 Å². The Hall–Kier alpha value is -2.79. The van der Waals surface area contributed by atoms with Gasteiger partial charge >= 0.3 is 0 Å². The summed E-state index contributed by atoms with van der Waals surface area (Å²) in [6, 6.07) is 15.9. The van der Waals surface area contributed by atoms with Gasteiger partial charge in [0.15, 0.2) is 0 Å². The summed E-state index contributed by atoms with van der Waals surface area (Å²) in [5.74, 6) is -0.489. The first-order valence-corrected chi connectivity index (χ1v) is 8.67. The molecule has 4 rings (SSSR count). The van der Waals surface area contributed by atoms with Gasteiger partial charge in [-0.15, -0.1) is 0 Å². The number of hydrogen-bond acceptors (Lipinski definition) is 3. The number of benzene rings is 2. The van der Waals surface area contributed by atoms with Crippen molar-refractivity contribution in [3.05, 3.63) is 72.2 Å². The normalized spacial score (nSPS) is 16.3. The van der Waals surface area contributed by atoms with Crippen LogP contribution in [0, 0.1) is 5.82 Å². The quantitative estimate of drug-likeness (QED) is 0.775. The van der Waals surface area contributed by atoms with Gasteiger partial charge in [0.05, 0.1) is 22.8 Å². The van der Waals surface area contributed by atoms with E-state index in [1.807, 2.05) is 36.4 Å². The molecule has 26 heavy (non-hydrogen) atoms. The fourth-order valence-electron chi connectivity index (χ4n) is 3.54. The van der Waals surface area contributed by atoms with E-state index in [-0.39, 0.29) is 11.7 Å².